The molecule has 30 heavy (non-hydrogen) atoms. The lowest BCUT2D eigenvalue weighted by Crippen LogP contribution is -2.57. The number of benzene rings is 1. The zero-order chi connectivity index (χ0) is 20.9. The molecule has 3 fully saturated rings. The molecule has 162 valence electrons. The quantitative estimate of drug-likeness (QED) is 0.607. The molecule has 1 saturated carbocycles. The van der Waals surface area contributed by atoms with Gasteiger partial charge in [-0.05, 0) is 48.8 Å². The average Bonchev–Trinajstić information content (AvgIpc) is 2.78. The second kappa shape index (κ2) is 10.00. The van der Waals surface area contributed by atoms with E-state index in [0.29, 0.717) is 29.3 Å². The summed E-state index contributed by atoms with van der Waals surface area (Å²) in [5.74, 6) is 1.56. The van der Waals surface area contributed by atoms with Gasteiger partial charge >= 0.3 is 0 Å². The van der Waals surface area contributed by atoms with Gasteiger partial charge in [0.1, 0.15) is 0 Å². The van der Waals surface area contributed by atoms with E-state index in [1.165, 1.54) is 32.1 Å². The molecule has 0 unspecified atom stereocenters. The van der Waals surface area contributed by atoms with E-state index < -0.39 is 0 Å². The van der Waals surface area contributed by atoms with E-state index in [2.05, 4.69) is 4.90 Å². The lowest BCUT2D eigenvalue weighted by molar-refractivity contribution is -0.143. The fourth-order valence-electron chi connectivity index (χ4n) is 5.52. The molecule has 2 atom stereocenters. The van der Waals surface area contributed by atoms with E-state index in [-0.39, 0.29) is 5.91 Å². The molecular weight excluding hydrogens is 396 g/mol. The van der Waals surface area contributed by atoms with Gasteiger partial charge in [-0.1, -0.05) is 61.9 Å². The molecule has 2 aliphatic heterocycles. The Morgan fingerprint density at radius 1 is 1.10 bits per heavy atom. The van der Waals surface area contributed by atoms with Gasteiger partial charge in [-0.25, -0.2) is 0 Å². The van der Waals surface area contributed by atoms with Crippen LogP contribution < -0.4 is 0 Å². The van der Waals surface area contributed by atoms with Crippen molar-refractivity contribution in [2.45, 2.75) is 63.8 Å². The number of piperidine rings is 2. The van der Waals surface area contributed by atoms with E-state index in [1.807, 2.05) is 29.2 Å². The van der Waals surface area contributed by atoms with Crippen molar-refractivity contribution in [1.29, 1.82) is 0 Å². The molecule has 4 nitrogen and oxygen atoms in total. The van der Waals surface area contributed by atoms with Gasteiger partial charge in [0, 0.05) is 43.2 Å². The van der Waals surface area contributed by atoms with Crippen molar-refractivity contribution >= 4 is 29.5 Å². The molecule has 2 heterocycles. The lowest BCUT2D eigenvalue weighted by atomic mass is 9.82. The minimum Gasteiger partial charge on any atom is -0.339 e. The Labute approximate surface area is 185 Å². The van der Waals surface area contributed by atoms with E-state index >= 15 is 0 Å². The Hall–Kier alpha value is -1.81. The van der Waals surface area contributed by atoms with Crippen molar-refractivity contribution in [3.8, 4) is 0 Å². The molecule has 0 N–H and O–H groups in total. The maximum absolute atomic E-state index is 12.8. The Kier molecular flexibility index (Phi) is 7.14. The molecule has 0 radical (unpaired) electrons. The van der Waals surface area contributed by atoms with E-state index in [4.69, 9.17) is 11.6 Å². The zero-order valence-electron chi connectivity index (χ0n) is 17.8. The van der Waals surface area contributed by atoms with Gasteiger partial charge in [-0.15, -0.1) is 0 Å². The largest absolute Gasteiger partial charge is 0.339 e. The number of halogens is 1. The Bertz CT molecular complexity index is 787. The number of hydrogen-bond donors (Lipinski definition) is 0. The van der Waals surface area contributed by atoms with Crippen molar-refractivity contribution in [3.63, 3.8) is 0 Å². The van der Waals surface area contributed by atoms with Crippen LogP contribution in [0.15, 0.2) is 30.3 Å². The third-order valence-electron chi connectivity index (χ3n) is 7.27. The Morgan fingerprint density at radius 2 is 1.90 bits per heavy atom. The van der Waals surface area contributed by atoms with Gasteiger partial charge in [0.15, 0.2) is 0 Å². The van der Waals surface area contributed by atoms with Crippen molar-refractivity contribution in [2.24, 2.45) is 11.8 Å². The monoisotopic (exact) mass is 428 g/mol. The topological polar surface area (TPSA) is 40.6 Å². The fourth-order valence-corrected chi connectivity index (χ4v) is 5.71. The maximum atomic E-state index is 12.8. The maximum Gasteiger partial charge on any atom is 0.246 e. The highest BCUT2D eigenvalue weighted by Crippen LogP contribution is 2.33. The van der Waals surface area contributed by atoms with Crippen molar-refractivity contribution < 1.29 is 9.59 Å². The molecule has 2 saturated heterocycles. The van der Waals surface area contributed by atoms with Gasteiger partial charge in [0.25, 0.3) is 0 Å². The Morgan fingerprint density at radius 3 is 2.70 bits per heavy atom. The number of nitrogens with zero attached hydrogens (tertiary/aromatic N) is 2. The predicted molar refractivity (Wildman–Crippen MR) is 121 cm³/mol. The molecule has 1 aromatic carbocycles. The van der Waals surface area contributed by atoms with Crippen LogP contribution >= 0.6 is 11.6 Å². The fraction of sp³-hybridized carbons (Fsp3) is 0.600. The van der Waals surface area contributed by atoms with Gasteiger partial charge in [0.05, 0.1) is 0 Å². The number of fused-ring (bicyclic) bond motifs is 1. The summed E-state index contributed by atoms with van der Waals surface area (Å²) in [6, 6.07) is 7.86. The standard InChI is InChI=1S/C25H33ClN2O2/c26-22-9-5-4-8-20(22)10-12-24(29)27-16-15-23-21(18-27)11-13-25(30)28(23)17-14-19-6-2-1-3-7-19/h4-5,8-10,12,19,21,23H,1-3,6-7,11,13-18H2/t21-,23+/m1/s1. The molecular formula is C25H33ClN2O2. The van der Waals surface area contributed by atoms with Crippen molar-refractivity contribution in [1.82, 2.24) is 9.80 Å². The van der Waals surface area contributed by atoms with Crippen LogP contribution in [0.1, 0.15) is 63.4 Å². The first-order valence-electron chi connectivity index (χ1n) is 11.6. The van der Waals surface area contributed by atoms with Crippen molar-refractivity contribution in [2.75, 3.05) is 19.6 Å². The molecule has 1 aliphatic carbocycles. The smallest absolute Gasteiger partial charge is 0.246 e. The SMILES string of the molecule is O=C(C=Cc1ccccc1Cl)N1CC[C@H]2[C@H](CCC(=O)N2CCC2CCCCC2)C1. The molecule has 1 aromatic rings. The average molecular weight is 429 g/mol. The van der Waals surface area contributed by atoms with Crippen LogP contribution in [0.2, 0.25) is 5.02 Å². The first-order chi connectivity index (χ1) is 14.6. The first-order valence-corrected chi connectivity index (χ1v) is 12.0. The number of amides is 2. The Balaban J connectivity index is 1.33. The van der Waals surface area contributed by atoms with Crippen LogP contribution in [0.4, 0.5) is 0 Å². The number of carbonyl (C=O) groups excluding carboxylic acids is 2. The molecule has 0 bridgehead atoms. The zero-order valence-corrected chi connectivity index (χ0v) is 18.5. The van der Waals surface area contributed by atoms with Crippen molar-refractivity contribution in [3.05, 3.63) is 40.9 Å². The second-order valence-electron chi connectivity index (χ2n) is 9.17. The number of rotatable bonds is 5. The van der Waals surface area contributed by atoms with Crippen LogP contribution in [0.3, 0.4) is 0 Å². The number of likely N-dealkylation sites (tertiary alicyclic amines) is 2. The van der Waals surface area contributed by atoms with E-state index in [1.54, 1.807) is 12.2 Å². The summed E-state index contributed by atoms with van der Waals surface area (Å²) in [7, 11) is 0. The molecule has 2 amide bonds. The van der Waals surface area contributed by atoms with Gasteiger partial charge in [-0.3, -0.25) is 9.59 Å². The lowest BCUT2D eigenvalue weighted by Gasteiger charge is -2.47. The highest BCUT2D eigenvalue weighted by Gasteiger charge is 2.40. The van der Waals surface area contributed by atoms with Crippen LogP contribution in [-0.4, -0.2) is 47.3 Å². The molecule has 0 aromatic heterocycles. The number of carbonyl (C=O) groups is 2. The minimum absolute atomic E-state index is 0.0408. The van der Waals surface area contributed by atoms with Crippen LogP contribution in [0, 0.1) is 11.8 Å². The van der Waals surface area contributed by atoms with Gasteiger partial charge < -0.3 is 9.80 Å². The summed E-state index contributed by atoms with van der Waals surface area (Å²) in [4.78, 5) is 29.5. The molecule has 3 aliphatic rings. The third kappa shape index (κ3) is 5.08. The van der Waals surface area contributed by atoms with Crippen LogP contribution in [0.5, 0.6) is 0 Å². The van der Waals surface area contributed by atoms with Crippen LogP contribution in [-0.2, 0) is 9.59 Å². The molecule has 5 heteroatoms. The molecule has 4 rings (SSSR count). The number of hydrogen-bond acceptors (Lipinski definition) is 2. The second-order valence-corrected chi connectivity index (χ2v) is 9.58. The third-order valence-corrected chi connectivity index (χ3v) is 7.61. The minimum atomic E-state index is 0.0408. The molecule has 0 spiro atoms. The summed E-state index contributed by atoms with van der Waals surface area (Å²) in [6.07, 6.45) is 13.8. The van der Waals surface area contributed by atoms with Gasteiger partial charge in [-0.2, -0.15) is 0 Å². The first kappa shape index (κ1) is 21.4. The highest BCUT2D eigenvalue weighted by molar-refractivity contribution is 6.32. The van der Waals surface area contributed by atoms with E-state index in [9.17, 15) is 9.59 Å². The normalized spacial score (nSPS) is 25.6. The van der Waals surface area contributed by atoms with Gasteiger partial charge in [0.2, 0.25) is 11.8 Å². The predicted octanol–water partition coefficient (Wildman–Crippen LogP) is 5.16. The summed E-state index contributed by atoms with van der Waals surface area (Å²) in [5, 5.41) is 0.652. The summed E-state index contributed by atoms with van der Waals surface area (Å²) in [6.45, 7) is 2.38. The van der Waals surface area contributed by atoms with E-state index in [0.717, 1.165) is 50.4 Å². The summed E-state index contributed by atoms with van der Waals surface area (Å²) >= 11 is 6.19. The summed E-state index contributed by atoms with van der Waals surface area (Å²) < 4.78 is 0. The highest BCUT2D eigenvalue weighted by atomic mass is 35.5. The summed E-state index contributed by atoms with van der Waals surface area (Å²) in [5.41, 5.74) is 0.861. The van der Waals surface area contributed by atoms with Crippen LogP contribution in [0.25, 0.3) is 6.08 Å².